The van der Waals surface area contributed by atoms with E-state index in [9.17, 15) is 14.4 Å². The van der Waals surface area contributed by atoms with E-state index >= 15 is 0 Å². The molecule has 1 N–H and O–H groups in total. The Morgan fingerprint density at radius 2 is 2.09 bits per heavy atom. The zero-order valence-electron chi connectivity index (χ0n) is 12.6. The minimum atomic E-state index is -0.709. The van der Waals surface area contributed by atoms with Gasteiger partial charge in [0.2, 0.25) is 0 Å². The molecule has 2 heterocycles. The van der Waals surface area contributed by atoms with Crippen LogP contribution in [-0.2, 0) is 11.3 Å². The third kappa shape index (κ3) is 2.48. The summed E-state index contributed by atoms with van der Waals surface area (Å²) >= 11 is 0. The molecule has 0 aliphatic carbocycles. The Labute approximate surface area is 130 Å². The van der Waals surface area contributed by atoms with Gasteiger partial charge in [0.1, 0.15) is 0 Å². The van der Waals surface area contributed by atoms with Crippen molar-refractivity contribution in [2.45, 2.75) is 19.9 Å². The minimum Gasteiger partial charge on any atom is -0.465 e. The number of H-pyrrole nitrogens is 1. The second-order valence-electron chi connectivity index (χ2n) is 5.00. The molecule has 23 heavy (non-hydrogen) atoms. The number of aromatic amines is 1. The Hall–Kier alpha value is -3.03. The summed E-state index contributed by atoms with van der Waals surface area (Å²) in [5.41, 5.74) is 0.228. The molecular formula is C15H14N4O4. The molecule has 118 valence electrons. The second-order valence-corrected chi connectivity index (χ2v) is 5.00. The van der Waals surface area contributed by atoms with Crippen LogP contribution in [0.15, 0.2) is 27.8 Å². The molecule has 0 unspecified atom stereocenters. The van der Waals surface area contributed by atoms with E-state index in [0.717, 1.165) is 6.42 Å². The summed E-state index contributed by atoms with van der Waals surface area (Å²) in [6.45, 7) is 2.53. The lowest BCUT2D eigenvalue weighted by Crippen LogP contribution is -2.28. The highest BCUT2D eigenvalue weighted by Crippen LogP contribution is 2.22. The summed E-state index contributed by atoms with van der Waals surface area (Å²) in [6.07, 6.45) is 0.778. The van der Waals surface area contributed by atoms with Crippen LogP contribution in [0.5, 0.6) is 0 Å². The van der Waals surface area contributed by atoms with Gasteiger partial charge in [-0.1, -0.05) is 6.92 Å². The number of aryl methyl sites for hydroxylation is 1. The van der Waals surface area contributed by atoms with Crippen LogP contribution in [-0.4, -0.2) is 32.6 Å². The molecule has 0 radical (unpaired) electrons. The van der Waals surface area contributed by atoms with Crippen molar-refractivity contribution >= 4 is 17.0 Å². The second kappa shape index (κ2) is 5.64. The Morgan fingerprint density at radius 1 is 1.30 bits per heavy atom. The predicted octanol–water partition coefficient (Wildman–Crippen LogP) is 0.781. The summed E-state index contributed by atoms with van der Waals surface area (Å²) < 4.78 is 6.45. The maximum absolute atomic E-state index is 12.0. The molecule has 8 heteroatoms. The number of carbonyl (C=O) groups is 1. The van der Waals surface area contributed by atoms with Crippen LogP contribution < -0.4 is 11.2 Å². The van der Waals surface area contributed by atoms with Gasteiger partial charge in [0.05, 0.1) is 23.7 Å². The van der Waals surface area contributed by atoms with Gasteiger partial charge >= 0.3 is 11.7 Å². The molecule has 3 rings (SSSR count). The molecule has 0 amide bonds. The maximum Gasteiger partial charge on any atom is 0.349 e. The van der Waals surface area contributed by atoms with Gasteiger partial charge in [-0.2, -0.15) is 4.98 Å². The number of rotatable bonds is 3. The van der Waals surface area contributed by atoms with Crippen LogP contribution in [0.4, 0.5) is 0 Å². The summed E-state index contributed by atoms with van der Waals surface area (Å²) in [5, 5.41) is 0. The van der Waals surface area contributed by atoms with Gasteiger partial charge < -0.3 is 9.30 Å². The van der Waals surface area contributed by atoms with Gasteiger partial charge in [-0.3, -0.25) is 9.78 Å². The monoisotopic (exact) mass is 314 g/mol. The molecule has 2 aliphatic heterocycles. The SMILES string of the molecule is CCCn1c2nc(=O)[nH]c(=O)c-2nc2cc(C(=O)OC)ccc21. The molecular weight excluding hydrogens is 300 g/mol. The lowest BCUT2D eigenvalue weighted by atomic mass is 10.1. The largest absolute Gasteiger partial charge is 0.465 e. The molecule has 1 aromatic rings. The number of benzene rings is 1. The van der Waals surface area contributed by atoms with Crippen LogP contribution >= 0.6 is 0 Å². The van der Waals surface area contributed by atoms with E-state index < -0.39 is 17.2 Å². The molecule has 8 nitrogen and oxygen atoms in total. The fourth-order valence-electron chi connectivity index (χ4n) is 2.49. The van der Waals surface area contributed by atoms with Crippen molar-refractivity contribution in [2.75, 3.05) is 7.11 Å². The lowest BCUT2D eigenvalue weighted by molar-refractivity contribution is 0.0601. The molecule has 2 aliphatic rings. The molecule has 0 spiro atoms. The van der Waals surface area contributed by atoms with Crippen LogP contribution in [0.2, 0.25) is 0 Å². The van der Waals surface area contributed by atoms with E-state index in [-0.39, 0.29) is 11.5 Å². The molecule has 0 aromatic heterocycles. The van der Waals surface area contributed by atoms with Crippen molar-refractivity contribution in [2.24, 2.45) is 0 Å². The van der Waals surface area contributed by atoms with E-state index in [1.165, 1.54) is 7.11 Å². The number of nitrogens with one attached hydrogen (secondary N) is 1. The molecule has 0 saturated heterocycles. The Balaban J connectivity index is 2.42. The number of hydrogen-bond acceptors (Lipinski definition) is 6. The maximum atomic E-state index is 12.0. The van der Waals surface area contributed by atoms with Crippen LogP contribution in [0.1, 0.15) is 23.7 Å². The molecule has 0 fully saturated rings. The van der Waals surface area contributed by atoms with Gasteiger partial charge in [0, 0.05) is 6.54 Å². The normalized spacial score (nSPS) is 11.0. The first-order valence-electron chi connectivity index (χ1n) is 7.08. The molecule has 1 aromatic carbocycles. The number of fused-ring (bicyclic) bond motifs is 2. The highest BCUT2D eigenvalue weighted by molar-refractivity contribution is 5.94. The van der Waals surface area contributed by atoms with Crippen molar-refractivity contribution in [3.63, 3.8) is 0 Å². The first kappa shape index (κ1) is 14.9. The number of hydrogen-bond donors (Lipinski definition) is 1. The van der Waals surface area contributed by atoms with E-state index in [4.69, 9.17) is 4.74 Å². The summed E-state index contributed by atoms with van der Waals surface area (Å²) in [6, 6.07) is 4.87. The van der Waals surface area contributed by atoms with Gasteiger partial charge in [-0.25, -0.2) is 14.6 Å². The predicted molar refractivity (Wildman–Crippen MR) is 82.7 cm³/mol. The molecule has 0 atom stereocenters. The zero-order chi connectivity index (χ0) is 16.6. The van der Waals surface area contributed by atoms with Gasteiger partial charge in [0.25, 0.3) is 5.56 Å². The number of ether oxygens (including phenoxy) is 1. The fraction of sp³-hybridized carbons (Fsp3) is 0.267. The Kier molecular flexibility index (Phi) is 3.65. The van der Waals surface area contributed by atoms with Crippen molar-refractivity contribution in [1.82, 2.24) is 19.5 Å². The smallest absolute Gasteiger partial charge is 0.349 e. The van der Waals surface area contributed by atoms with Gasteiger partial charge in [-0.15, -0.1) is 0 Å². The summed E-state index contributed by atoms with van der Waals surface area (Å²) in [5.74, 6) is -0.253. The van der Waals surface area contributed by atoms with Crippen LogP contribution in [0.25, 0.3) is 22.6 Å². The Bertz CT molecular complexity index is 989. The van der Waals surface area contributed by atoms with Crippen molar-refractivity contribution in [3.05, 3.63) is 44.6 Å². The standard InChI is InChI=1S/C15H14N4O4/c1-3-6-19-10-5-4-8(14(21)23-2)7-9(10)16-11-12(19)17-15(22)18-13(11)20/h4-5,7H,3,6H2,1-2H3,(H,18,20,22). The van der Waals surface area contributed by atoms with Crippen molar-refractivity contribution < 1.29 is 9.53 Å². The van der Waals surface area contributed by atoms with Gasteiger partial charge in [-0.05, 0) is 24.6 Å². The summed E-state index contributed by atoms with van der Waals surface area (Å²) in [4.78, 5) is 45.4. The number of aromatic nitrogens is 4. The number of methoxy groups -OCH3 is 1. The van der Waals surface area contributed by atoms with E-state index in [0.29, 0.717) is 23.1 Å². The first-order chi connectivity index (χ1) is 11.0. The van der Waals surface area contributed by atoms with E-state index in [1.807, 2.05) is 6.92 Å². The number of carbonyl (C=O) groups excluding carboxylic acids is 1. The topological polar surface area (TPSA) is 107 Å². The van der Waals surface area contributed by atoms with Crippen LogP contribution in [0, 0.1) is 0 Å². The summed E-state index contributed by atoms with van der Waals surface area (Å²) in [7, 11) is 1.29. The fourth-order valence-corrected chi connectivity index (χ4v) is 2.49. The lowest BCUT2D eigenvalue weighted by Gasteiger charge is -2.16. The number of nitrogens with zero attached hydrogens (tertiary/aromatic N) is 3. The highest BCUT2D eigenvalue weighted by atomic mass is 16.5. The average Bonchev–Trinajstić information content (AvgIpc) is 2.54. The van der Waals surface area contributed by atoms with Crippen molar-refractivity contribution in [1.29, 1.82) is 0 Å². The molecule has 0 bridgehead atoms. The van der Waals surface area contributed by atoms with E-state index in [1.54, 1.807) is 22.8 Å². The molecule has 0 saturated carbocycles. The van der Waals surface area contributed by atoms with Gasteiger partial charge in [0.15, 0.2) is 11.5 Å². The Morgan fingerprint density at radius 3 is 2.78 bits per heavy atom. The number of esters is 1. The quantitative estimate of drug-likeness (QED) is 0.565. The third-order valence-corrected chi connectivity index (χ3v) is 3.48. The minimum absolute atomic E-state index is 0.0626. The third-order valence-electron chi connectivity index (χ3n) is 3.48. The van der Waals surface area contributed by atoms with E-state index in [2.05, 4.69) is 15.0 Å². The zero-order valence-corrected chi connectivity index (χ0v) is 12.6. The first-order valence-corrected chi connectivity index (χ1v) is 7.08. The highest BCUT2D eigenvalue weighted by Gasteiger charge is 2.19. The van der Waals surface area contributed by atoms with Crippen LogP contribution in [0.3, 0.4) is 0 Å². The van der Waals surface area contributed by atoms with Crippen molar-refractivity contribution in [3.8, 4) is 11.5 Å². The average molecular weight is 314 g/mol.